The first-order valence-electron chi connectivity index (χ1n) is 10.6. The molecule has 1 atom stereocenters. The van der Waals surface area contributed by atoms with Gasteiger partial charge in [-0.2, -0.15) is 4.98 Å². The van der Waals surface area contributed by atoms with Crippen molar-refractivity contribution in [2.24, 2.45) is 0 Å². The van der Waals surface area contributed by atoms with Gasteiger partial charge in [-0.15, -0.1) is 0 Å². The molecule has 3 aromatic rings. The van der Waals surface area contributed by atoms with Crippen LogP contribution >= 0.6 is 0 Å². The SMILES string of the molecule is Cc1cc(OCC2CN(C(=O)c3ccccc3-n3cccc3)CCO2)nc(C(C)C)n1. The van der Waals surface area contributed by atoms with E-state index in [9.17, 15) is 4.79 Å². The molecule has 4 rings (SSSR count). The molecule has 0 aliphatic carbocycles. The first-order valence-corrected chi connectivity index (χ1v) is 10.6. The number of aromatic nitrogens is 3. The maximum atomic E-state index is 13.3. The smallest absolute Gasteiger partial charge is 0.256 e. The predicted molar refractivity (Wildman–Crippen MR) is 118 cm³/mol. The van der Waals surface area contributed by atoms with Gasteiger partial charge in [0.2, 0.25) is 5.88 Å². The molecule has 1 aliphatic rings. The zero-order valence-corrected chi connectivity index (χ0v) is 18.2. The van der Waals surface area contributed by atoms with E-state index in [1.165, 1.54) is 0 Å². The van der Waals surface area contributed by atoms with Crippen molar-refractivity contribution in [1.29, 1.82) is 0 Å². The van der Waals surface area contributed by atoms with E-state index < -0.39 is 0 Å². The minimum absolute atomic E-state index is 0.00225. The van der Waals surface area contributed by atoms with Crippen molar-refractivity contribution in [1.82, 2.24) is 19.4 Å². The number of amides is 1. The Morgan fingerprint density at radius 3 is 2.74 bits per heavy atom. The topological polar surface area (TPSA) is 69.5 Å². The lowest BCUT2D eigenvalue weighted by Gasteiger charge is -2.33. The second kappa shape index (κ2) is 9.31. The number of aryl methyl sites for hydroxylation is 1. The molecule has 0 saturated carbocycles. The number of benzene rings is 1. The largest absolute Gasteiger partial charge is 0.475 e. The van der Waals surface area contributed by atoms with Crippen molar-refractivity contribution in [3.05, 3.63) is 71.9 Å². The lowest BCUT2D eigenvalue weighted by atomic mass is 10.1. The zero-order chi connectivity index (χ0) is 21.8. The molecule has 1 fully saturated rings. The lowest BCUT2D eigenvalue weighted by Crippen LogP contribution is -2.47. The summed E-state index contributed by atoms with van der Waals surface area (Å²) in [5.74, 6) is 1.53. The van der Waals surface area contributed by atoms with Crippen LogP contribution in [0.25, 0.3) is 5.69 Å². The van der Waals surface area contributed by atoms with Crippen LogP contribution in [0.4, 0.5) is 0 Å². The van der Waals surface area contributed by atoms with Gasteiger partial charge in [0.15, 0.2) is 0 Å². The molecule has 7 heteroatoms. The zero-order valence-electron chi connectivity index (χ0n) is 18.2. The summed E-state index contributed by atoms with van der Waals surface area (Å²) in [6, 6.07) is 13.4. The van der Waals surface area contributed by atoms with Gasteiger partial charge in [-0.1, -0.05) is 26.0 Å². The Hall–Kier alpha value is -3.19. The minimum Gasteiger partial charge on any atom is -0.475 e. The van der Waals surface area contributed by atoms with E-state index in [1.54, 1.807) is 0 Å². The van der Waals surface area contributed by atoms with Crippen molar-refractivity contribution < 1.29 is 14.3 Å². The average molecular weight is 421 g/mol. The van der Waals surface area contributed by atoms with Gasteiger partial charge in [0.25, 0.3) is 5.91 Å². The number of para-hydroxylation sites is 1. The summed E-state index contributed by atoms with van der Waals surface area (Å²) in [5, 5.41) is 0. The number of carbonyl (C=O) groups excluding carboxylic acids is 1. The Morgan fingerprint density at radius 1 is 1.19 bits per heavy atom. The van der Waals surface area contributed by atoms with Crippen LogP contribution in [0.15, 0.2) is 54.9 Å². The van der Waals surface area contributed by atoms with Crippen LogP contribution in [0.1, 0.15) is 41.6 Å². The van der Waals surface area contributed by atoms with E-state index in [-0.39, 0.29) is 17.9 Å². The highest BCUT2D eigenvalue weighted by atomic mass is 16.5. The average Bonchev–Trinajstić information content (AvgIpc) is 3.32. The Labute approximate surface area is 182 Å². The maximum absolute atomic E-state index is 13.3. The second-order valence-corrected chi connectivity index (χ2v) is 8.02. The summed E-state index contributed by atoms with van der Waals surface area (Å²) < 4.78 is 13.7. The summed E-state index contributed by atoms with van der Waals surface area (Å²) in [6.07, 6.45) is 3.67. The Bertz CT molecular complexity index is 1030. The Kier molecular flexibility index (Phi) is 6.32. The van der Waals surface area contributed by atoms with Crippen molar-refractivity contribution in [3.8, 4) is 11.6 Å². The number of carbonyl (C=O) groups is 1. The third-order valence-corrected chi connectivity index (χ3v) is 5.22. The standard InChI is InChI=1S/C24H28N4O3/c1-17(2)23-25-18(3)14-22(26-23)31-16-19-15-28(12-13-30-19)24(29)20-8-4-5-9-21(20)27-10-6-7-11-27/h4-11,14,17,19H,12-13,15-16H2,1-3H3. The Balaban J connectivity index is 1.43. The van der Waals surface area contributed by atoms with Gasteiger partial charge < -0.3 is 18.9 Å². The van der Waals surface area contributed by atoms with E-state index >= 15 is 0 Å². The van der Waals surface area contributed by atoms with E-state index in [2.05, 4.69) is 23.8 Å². The van der Waals surface area contributed by atoms with Gasteiger partial charge in [-0.05, 0) is 31.2 Å². The third-order valence-electron chi connectivity index (χ3n) is 5.22. The van der Waals surface area contributed by atoms with E-state index in [4.69, 9.17) is 9.47 Å². The fraction of sp³-hybridized carbons (Fsp3) is 0.375. The molecule has 0 radical (unpaired) electrons. The summed E-state index contributed by atoms with van der Waals surface area (Å²) in [5.41, 5.74) is 2.42. The van der Waals surface area contributed by atoms with Crippen molar-refractivity contribution in [2.45, 2.75) is 32.8 Å². The van der Waals surface area contributed by atoms with Gasteiger partial charge in [0.1, 0.15) is 18.5 Å². The number of morpholine rings is 1. The highest BCUT2D eigenvalue weighted by Gasteiger charge is 2.27. The number of hydrogen-bond donors (Lipinski definition) is 0. The van der Waals surface area contributed by atoms with Crippen molar-refractivity contribution >= 4 is 5.91 Å². The summed E-state index contributed by atoms with van der Waals surface area (Å²) in [4.78, 5) is 24.1. The molecule has 0 bridgehead atoms. The van der Waals surface area contributed by atoms with Crippen LogP contribution < -0.4 is 4.74 Å². The van der Waals surface area contributed by atoms with Crippen LogP contribution in [-0.2, 0) is 4.74 Å². The molecule has 0 N–H and O–H groups in total. The van der Waals surface area contributed by atoms with Gasteiger partial charge in [0.05, 0.1) is 24.4 Å². The molecule has 1 amide bonds. The quantitative estimate of drug-likeness (QED) is 0.609. The Morgan fingerprint density at radius 2 is 1.97 bits per heavy atom. The molecule has 1 aromatic carbocycles. The molecule has 7 nitrogen and oxygen atoms in total. The fourth-order valence-electron chi connectivity index (χ4n) is 3.62. The molecule has 2 aromatic heterocycles. The predicted octanol–water partition coefficient (Wildman–Crippen LogP) is 3.62. The third kappa shape index (κ3) is 4.94. The van der Waals surface area contributed by atoms with Gasteiger partial charge in [0, 0.05) is 36.6 Å². The molecular formula is C24H28N4O3. The molecule has 1 unspecified atom stereocenters. The molecule has 31 heavy (non-hydrogen) atoms. The molecule has 3 heterocycles. The lowest BCUT2D eigenvalue weighted by molar-refractivity contribution is -0.0407. The molecular weight excluding hydrogens is 392 g/mol. The summed E-state index contributed by atoms with van der Waals surface area (Å²) in [6.45, 7) is 7.87. The number of rotatable bonds is 6. The number of hydrogen-bond acceptors (Lipinski definition) is 5. The van der Waals surface area contributed by atoms with Crippen LogP contribution in [0.2, 0.25) is 0 Å². The maximum Gasteiger partial charge on any atom is 0.256 e. The van der Waals surface area contributed by atoms with Crippen LogP contribution in [-0.4, -0.2) is 57.7 Å². The molecule has 1 aliphatic heterocycles. The highest BCUT2D eigenvalue weighted by molar-refractivity contribution is 5.97. The molecule has 0 spiro atoms. The summed E-state index contributed by atoms with van der Waals surface area (Å²) in [7, 11) is 0. The fourth-order valence-corrected chi connectivity index (χ4v) is 3.62. The highest BCUT2D eigenvalue weighted by Crippen LogP contribution is 2.20. The van der Waals surface area contributed by atoms with Crippen molar-refractivity contribution in [2.75, 3.05) is 26.3 Å². The molecule has 162 valence electrons. The first kappa shape index (κ1) is 21.1. The number of nitrogens with zero attached hydrogens (tertiary/aromatic N) is 4. The van der Waals surface area contributed by atoms with E-state index in [1.807, 2.05) is 71.2 Å². The first-order chi connectivity index (χ1) is 15.0. The number of ether oxygens (including phenoxy) is 2. The van der Waals surface area contributed by atoms with Crippen molar-refractivity contribution in [3.63, 3.8) is 0 Å². The normalized spacial score (nSPS) is 16.5. The molecule has 1 saturated heterocycles. The van der Waals surface area contributed by atoms with Gasteiger partial charge in [-0.3, -0.25) is 4.79 Å². The van der Waals surface area contributed by atoms with Crippen LogP contribution in [0, 0.1) is 6.92 Å². The minimum atomic E-state index is -0.214. The van der Waals surface area contributed by atoms with Crippen LogP contribution in [0.3, 0.4) is 0 Å². The van der Waals surface area contributed by atoms with Crippen LogP contribution in [0.5, 0.6) is 5.88 Å². The second-order valence-electron chi connectivity index (χ2n) is 8.02. The van der Waals surface area contributed by atoms with Gasteiger partial charge >= 0.3 is 0 Å². The van der Waals surface area contributed by atoms with Gasteiger partial charge in [-0.25, -0.2) is 4.98 Å². The summed E-state index contributed by atoms with van der Waals surface area (Å²) >= 11 is 0. The van der Waals surface area contributed by atoms with E-state index in [0.29, 0.717) is 37.7 Å². The van der Waals surface area contributed by atoms with E-state index in [0.717, 1.165) is 17.2 Å². The monoisotopic (exact) mass is 420 g/mol.